The van der Waals surface area contributed by atoms with E-state index < -0.39 is 24.0 Å². The van der Waals surface area contributed by atoms with Crippen molar-refractivity contribution >= 4 is 17.9 Å². The van der Waals surface area contributed by atoms with Crippen LogP contribution in [-0.4, -0.2) is 29.9 Å². The molecule has 1 unspecified atom stereocenters. The molecule has 1 heterocycles. The van der Waals surface area contributed by atoms with Gasteiger partial charge in [-0.05, 0) is 24.3 Å². The van der Waals surface area contributed by atoms with Crippen molar-refractivity contribution in [1.82, 2.24) is 15.6 Å². The summed E-state index contributed by atoms with van der Waals surface area (Å²) >= 11 is 0. The maximum absolute atomic E-state index is 12.9. The van der Waals surface area contributed by atoms with Gasteiger partial charge in [-0.3, -0.25) is 15.1 Å². The van der Waals surface area contributed by atoms with Gasteiger partial charge in [0.1, 0.15) is 17.1 Å². The van der Waals surface area contributed by atoms with Crippen molar-refractivity contribution in [2.75, 3.05) is 7.05 Å². The number of urea groups is 1. The molecule has 0 bridgehead atoms. The molecule has 8 nitrogen and oxygen atoms in total. The summed E-state index contributed by atoms with van der Waals surface area (Å²) < 4.78 is 11.2. The Bertz CT molecular complexity index is 1030. The van der Waals surface area contributed by atoms with E-state index in [0.717, 1.165) is 0 Å². The van der Waals surface area contributed by atoms with Crippen molar-refractivity contribution in [3.8, 4) is 11.5 Å². The van der Waals surface area contributed by atoms with E-state index in [9.17, 15) is 14.4 Å². The first-order valence-corrected chi connectivity index (χ1v) is 9.04. The SMILES string of the molecule is CNC(=O)NC(=O)C(OC(=O)c1ccccc1Oc1cccnc1)c1ccccc1. The highest BCUT2D eigenvalue weighted by Crippen LogP contribution is 2.27. The molecule has 152 valence electrons. The Morgan fingerprint density at radius 3 is 2.37 bits per heavy atom. The molecule has 1 atom stereocenters. The van der Waals surface area contributed by atoms with Gasteiger partial charge in [0.25, 0.3) is 5.91 Å². The number of hydrogen-bond donors (Lipinski definition) is 2. The number of aromatic nitrogens is 1. The third-order valence-electron chi connectivity index (χ3n) is 4.00. The zero-order valence-corrected chi connectivity index (χ0v) is 16.1. The van der Waals surface area contributed by atoms with E-state index in [1.54, 1.807) is 66.9 Å². The minimum atomic E-state index is -1.33. The number of rotatable bonds is 6. The minimum Gasteiger partial charge on any atom is -0.455 e. The van der Waals surface area contributed by atoms with Crippen LogP contribution >= 0.6 is 0 Å². The summed E-state index contributed by atoms with van der Waals surface area (Å²) in [5, 5.41) is 4.42. The van der Waals surface area contributed by atoms with Crippen LogP contribution < -0.4 is 15.4 Å². The number of ether oxygens (including phenoxy) is 2. The van der Waals surface area contributed by atoms with E-state index in [0.29, 0.717) is 11.3 Å². The number of nitrogens with zero attached hydrogens (tertiary/aromatic N) is 1. The second-order valence-electron chi connectivity index (χ2n) is 6.05. The van der Waals surface area contributed by atoms with Gasteiger partial charge in [-0.15, -0.1) is 0 Å². The highest BCUT2D eigenvalue weighted by atomic mass is 16.6. The fourth-order valence-corrected chi connectivity index (χ4v) is 2.57. The van der Waals surface area contributed by atoms with Crippen LogP contribution in [0, 0.1) is 0 Å². The molecule has 3 aromatic rings. The van der Waals surface area contributed by atoms with E-state index in [1.807, 2.05) is 0 Å². The standard InChI is InChI=1S/C22H19N3O5/c1-23-22(28)25-20(26)19(15-8-3-2-4-9-15)30-21(27)17-11-5-6-12-18(17)29-16-10-7-13-24-14-16/h2-14,19H,1H3,(H2,23,25,26,28). The summed E-state index contributed by atoms with van der Waals surface area (Å²) in [6.45, 7) is 0. The number of benzene rings is 2. The molecule has 0 spiro atoms. The maximum atomic E-state index is 12.9. The summed E-state index contributed by atoms with van der Waals surface area (Å²) in [7, 11) is 1.37. The summed E-state index contributed by atoms with van der Waals surface area (Å²) in [5.41, 5.74) is 0.535. The van der Waals surface area contributed by atoms with Gasteiger partial charge in [-0.2, -0.15) is 0 Å². The van der Waals surface area contributed by atoms with Crippen molar-refractivity contribution in [2.24, 2.45) is 0 Å². The molecule has 3 rings (SSSR count). The Morgan fingerprint density at radius 2 is 1.67 bits per heavy atom. The van der Waals surface area contributed by atoms with Gasteiger partial charge in [0.2, 0.25) is 6.10 Å². The summed E-state index contributed by atoms with van der Waals surface area (Å²) in [6, 6.07) is 17.6. The van der Waals surface area contributed by atoms with Crippen LogP contribution in [0.5, 0.6) is 11.5 Å². The lowest BCUT2D eigenvalue weighted by Crippen LogP contribution is -2.41. The Balaban J connectivity index is 1.86. The van der Waals surface area contributed by atoms with E-state index in [1.165, 1.54) is 19.3 Å². The first-order valence-electron chi connectivity index (χ1n) is 9.04. The molecule has 2 aromatic carbocycles. The van der Waals surface area contributed by atoms with Gasteiger partial charge < -0.3 is 14.8 Å². The van der Waals surface area contributed by atoms with Crippen LogP contribution in [0.4, 0.5) is 4.79 Å². The highest BCUT2D eigenvalue weighted by molar-refractivity contribution is 5.99. The Morgan fingerprint density at radius 1 is 0.933 bits per heavy atom. The lowest BCUT2D eigenvalue weighted by atomic mass is 10.1. The molecule has 0 aliphatic heterocycles. The predicted molar refractivity (Wildman–Crippen MR) is 108 cm³/mol. The zero-order valence-electron chi connectivity index (χ0n) is 16.1. The highest BCUT2D eigenvalue weighted by Gasteiger charge is 2.28. The largest absolute Gasteiger partial charge is 0.455 e. The number of amides is 3. The quantitative estimate of drug-likeness (QED) is 0.610. The third-order valence-corrected chi connectivity index (χ3v) is 4.00. The summed E-state index contributed by atoms with van der Waals surface area (Å²) in [4.78, 5) is 41.0. The minimum absolute atomic E-state index is 0.120. The smallest absolute Gasteiger partial charge is 0.343 e. The van der Waals surface area contributed by atoms with Crippen molar-refractivity contribution in [3.63, 3.8) is 0 Å². The molecule has 0 aliphatic rings. The monoisotopic (exact) mass is 405 g/mol. The number of carbonyl (C=O) groups excluding carboxylic acids is 3. The van der Waals surface area contributed by atoms with Crippen molar-refractivity contribution in [2.45, 2.75) is 6.10 Å². The lowest BCUT2D eigenvalue weighted by molar-refractivity contribution is -0.129. The summed E-state index contributed by atoms with van der Waals surface area (Å²) in [6.07, 6.45) is 1.77. The number of carbonyl (C=O) groups is 3. The van der Waals surface area contributed by atoms with Gasteiger partial charge in [-0.1, -0.05) is 42.5 Å². The molecule has 3 amide bonds. The second kappa shape index (κ2) is 9.83. The second-order valence-corrected chi connectivity index (χ2v) is 6.05. The van der Waals surface area contributed by atoms with Crippen molar-refractivity contribution in [3.05, 3.63) is 90.3 Å². The van der Waals surface area contributed by atoms with E-state index in [4.69, 9.17) is 9.47 Å². The lowest BCUT2D eigenvalue weighted by Gasteiger charge is -2.18. The van der Waals surface area contributed by atoms with Crippen LogP contribution in [0.3, 0.4) is 0 Å². The van der Waals surface area contributed by atoms with E-state index in [-0.39, 0.29) is 11.3 Å². The number of esters is 1. The Hall–Kier alpha value is -4.20. The number of hydrogen-bond acceptors (Lipinski definition) is 6. The van der Waals surface area contributed by atoms with Crippen LogP contribution in [0.2, 0.25) is 0 Å². The molecule has 8 heteroatoms. The molecule has 0 aliphatic carbocycles. The van der Waals surface area contributed by atoms with Crippen LogP contribution in [-0.2, 0) is 9.53 Å². The molecule has 0 fully saturated rings. The Kier molecular flexibility index (Phi) is 6.73. The fourth-order valence-electron chi connectivity index (χ4n) is 2.57. The van der Waals surface area contributed by atoms with Gasteiger partial charge in [0, 0.05) is 18.8 Å². The maximum Gasteiger partial charge on any atom is 0.343 e. The molecule has 30 heavy (non-hydrogen) atoms. The normalized spacial score (nSPS) is 11.1. The van der Waals surface area contributed by atoms with E-state index in [2.05, 4.69) is 15.6 Å². The average molecular weight is 405 g/mol. The van der Waals surface area contributed by atoms with Crippen molar-refractivity contribution in [1.29, 1.82) is 0 Å². The number of nitrogens with one attached hydrogen (secondary N) is 2. The number of imide groups is 1. The average Bonchev–Trinajstić information content (AvgIpc) is 2.78. The fraction of sp³-hybridized carbons (Fsp3) is 0.0909. The number of para-hydroxylation sites is 1. The third kappa shape index (κ3) is 5.20. The first kappa shape index (κ1) is 20.5. The molecule has 0 saturated heterocycles. The van der Waals surface area contributed by atoms with Gasteiger partial charge >= 0.3 is 12.0 Å². The predicted octanol–water partition coefficient (Wildman–Crippen LogP) is 3.23. The van der Waals surface area contributed by atoms with Gasteiger partial charge in [0.05, 0.1) is 6.20 Å². The molecular weight excluding hydrogens is 386 g/mol. The Labute approximate surface area is 172 Å². The van der Waals surface area contributed by atoms with Crippen molar-refractivity contribution < 1.29 is 23.9 Å². The van der Waals surface area contributed by atoms with Crippen LogP contribution in [0.15, 0.2) is 79.1 Å². The number of pyridine rings is 1. The molecule has 1 aromatic heterocycles. The molecule has 0 saturated carbocycles. The summed E-state index contributed by atoms with van der Waals surface area (Å²) in [5.74, 6) is -0.876. The van der Waals surface area contributed by atoms with Crippen LogP contribution in [0.1, 0.15) is 22.0 Å². The molecular formula is C22H19N3O5. The van der Waals surface area contributed by atoms with Crippen LogP contribution in [0.25, 0.3) is 0 Å². The van der Waals surface area contributed by atoms with E-state index >= 15 is 0 Å². The van der Waals surface area contributed by atoms with Gasteiger partial charge in [-0.25, -0.2) is 9.59 Å². The topological polar surface area (TPSA) is 107 Å². The first-order chi connectivity index (χ1) is 14.6. The van der Waals surface area contributed by atoms with Gasteiger partial charge in [0.15, 0.2) is 0 Å². The molecule has 0 radical (unpaired) electrons. The zero-order chi connectivity index (χ0) is 21.3. The molecule has 2 N–H and O–H groups in total.